The molecule has 1 aliphatic rings. The van der Waals surface area contributed by atoms with Crippen molar-refractivity contribution in [1.29, 1.82) is 5.26 Å². The molecule has 76 valence electrons. The molecule has 0 aromatic carbocycles. The average molecular weight is 194 g/mol. The summed E-state index contributed by atoms with van der Waals surface area (Å²) in [5.41, 5.74) is 1.47. The van der Waals surface area contributed by atoms with E-state index in [1.54, 1.807) is 6.92 Å². The van der Waals surface area contributed by atoms with Crippen LogP contribution in [0.4, 0.5) is 0 Å². The zero-order valence-electron chi connectivity index (χ0n) is 8.70. The summed E-state index contributed by atoms with van der Waals surface area (Å²) in [5, 5.41) is 8.81. The normalized spacial score (nSPS) is 21.0. The van der Waals surface area contributed by atoms with Crippen molar-refractivity contribution in [2.45, 2.75) is 26.3 Å². The smallest absolute Gasteiger partial charge is 0.335 e. The minimum absolute atomic E-state index is 0.227. The molecular formula is C10H14N2O2. The first-order valence-corrected chi connectivity index (χ1v) is 4.61. The molecule has 0 saturated heterocycles. The van der Waals surface area contributed by atoms with Crippen LogP contribution in [0, 0.1) is 11.3 Å². The number of rotatable bonds is 2. The Morgan fingerprint density at radius 1 is 1.79 bits per heavy atom. The van der Waals surface area contributed by atoms with E-state index in [0.29, 0.717) is 18.6 Å². The molecule has 0 aliphatic carbocycles. The fourth-order valence-electron chi connectivity index (χ4n) is 1.51. The van der Waals surface area contributed by atoms with E-state index >= 15 is 0 Å². The van der Waals surface area contributed by atoms with Gasteiger partial charge >= 0.3 is 5.97 Å². The zero-order valence-corrected chi connectivity index (χ0v) is 8.70. The molecule has 0 saturated carbocycles. The van der Waals surface area contributed by atoms with Crippen molar-refractivity contribution in [3.05, 3.63) is 11.3 Å². The highest BCUT2D eigenvalue weighted by Crippen LogP contribution is 2.27. The van der Waals surface area contributed by atoms with Gasteiger partial charge in [-0.2, -0.15) is 5.26 Å². The van der Waals surface area contributed by atoms with Gasteiger partial charge in [-0.3, -0.25) is 0 Å². The Bertz CT molecular complexity index is 315. The number of esters is 1. The van der Waals surface area contributed by atoms with E-state index in [1.165, 1.54) is 0 Å². The molecule has 0 aromatic rings. The number of carbonyl (C=O) groups excluding carboxylic acids is 1. The molecule has 4 heteroatoms. The van der Waals surface area contributed by atoms with Crippen molar-refractivity contribution in [2.75, 3.05) is 13.7 Å². The fourth-order valence-corrected chi connectivity index (χ4v) is 1.51. The molecular weight excluding hydrogens is 180 g/mol. The quantitative estimate of drug-likeness (QED) is 0.616. The first-order chi connectivity index (χ1) is 6.61. The second-order valence-electron chi connectivity index (χ2n) is 3.24. The maximum absolute atomic E-state index is 11.4. The summed E-state index contributed by atoms with van der Waals surface area (Å²) in [6.45, 7) is 3.98. The Morgan fingerprint density at radius 3 is 2.86 bits per heavy atom. The summed E-state index contributed by atoms with van der Waals surface area (Å²) < 4.78 is 4.90. The Labute approximate surface area is 83.8 Å². The molecule has 0 fully saturated rings. The summed E-state index contributed by atoms with van der Waals surface area (Å²) >= 11 is 0. The largest absolute Gasteiger partial charge is 0.463 e. The van der Waals surface area contributed by atoms with Crippen LogP contribution in [0.5, 0.6) is 0 Å². The van der Waals surface area contributed by atoms with Gasteiger partial charge in [0.25, 0.3) is 0 Å². The number of hydrogen-bond acceptors (Lipinski definition) is 4. The standard InChI is InChI=1S/C10H14N2O2/c1-4-14-10(13)9-5-8(6-11)12(3)7(9)2/h8H,4-5H2,1-3H3. The zero-order chi connectivity index (χ0) is 10.7. The molecule has 0 spiro atoms. The lowest BCUT2D eigenvalue weighted by Gasteiger charge is -2.16. The molecule has 1 rings (SSSR count). The first-order valence-electron chi connectivity index (χ1n) is 4.61. The predicted molar refractivity (Wildman–Crippen MR) is 51.1 cm³/mol. The van der Waals surface area contributed by atoms with Gasteiger partial charge in [0.05, 0.1) is 18.2 Å². The van der Waals surface area contributed by atoms with Gasteiger partial charge in [0.2, 0.25) is 0 Å². The Morgan fingerprint density at radius 2 is 2.43 bits per heavy atom. The molecule has 1 unspecified atom stereocenters. The summed E-state index contributed by atoms with van der Waals surface area (Å²) in [7, 11) is 1.81. The number of nitrogens with zero attached hydrogens (tertiary/aromatic N) is 2. The van der Waals surface area contributed by atoms with E-state index in [9.17, 15) is 4.79 Å². The Balaban J connectivity index is 2.81. The monoisotopic (exact) mass is 194 g/mol. The van der Waals surface area contributed by atoms with E-state index in [1.807, 2.05) is 18.9 Å². The lowest BCUT2D eigenvalue weighted by atomic mass is 10.1. The van der Waals surface area contributed by atoms with Gasteiger partial charge in [-0.15, -0.1) is 0 Å². The van der Waals surface area contributed by atoms with Gasteiger partial charge in [0.1, 0.15) is 6.04 Å². The van der Waals surface area contributed by atoms with Gasteiger partial charge in [-0.25, -0.2) is 4.79 Å². The second-order valence-corrected chi connectivity index (χ2v) is 3.24. The van der Waals surface area contributed by atoms with Crippen molar-refractivity contribution in [3.8, 4) is 6.07 Å². The van der Waals surface area contributed by atoms with Crippen LogP contribution in [0.3, 0.4) is 0 Å². The predicted octanol–water partition coefficient (Wildman–Crippen LogP) is 1.05. The summed E-state index contributed by atoms with van der Waals surface area (Å²) in [4.78, 5) is 13.3. The molecule has 0 N–H and O–H groups in total. The average Bonchev–Trinajstić information content (AvgIpc) is 2.44. The van der Waals surface area contributed by atoms with Crippen LogP contribution in [-0.4, -0.2) is 30.6 Å². The highest BCUT2D eigenvalue weighted by atomic mass is 16.5. The summed E-state index contributed by atoms with van der Waals surface area (Å²) in [5.74, 6) is -0.297. The Hall–Kier alpha value is -1.50. The van der Waals surface area contributed by atoms with Gasteiger partial charge < -0.3 is 9.64 Å². The molecule has 1 heterocycles. The van der Waals surface area contributed by atoms with Gasteiger partial charge in [0, 0.05) is 19.2 Å². The number of carbonyl (C=O) groups is 1. The molecule has 0 radical (unpaired) electrons. The number of ether oxygens (including phenoxy) is 1. The van der Waals surface area contributed by atoms with E-state index in [4.69, 9.17) is 10.00 Å². The van der Waals surface area contributed by atoms with Crippen LogP contribution in [0.2, 0.25) is 0 Å². The van der Waals surface area contributed by atoms with Crippen molar-refractivity contribution >= 4 is 5.97 Å². The van der Waals surface area contributed by atoms with E-state index in [0.717, 1.165) is 5.70 Å². The van der Waals surface area contributed by atoms with Crippen LogP contribution in [0.1, 0.15) is 20.3 Å². The SMILES string of the molecule is CCOC(=O)C1=C(C)N(C)C(C#N)C1. The summed E-state index contributed by atoms with van der Waals surface area (Å²) in [6, 6.07) is 1.92. The van der Waals surface area contributed by atoms with Gasteiger partial charge in [0.15, 0.2) is 0 Å². The van der Waals surface area contributed by atoms with Crippen molar-refractivity contribution in [2.24, 2.45) is 0 Å². The minimum Gasteiger partial charge on any atom is -0.463 e. The second kappa shape index (κ2) is 4.14. The lowest BCUT2D eigenvalue weighted by Crippen LogP contribution is -2.22. The first kappa shape index (κ1) is 10.6. The molecule has 14 heavy (non-hydrogen) atoms. The van der Waals surface area contributed by atoms with Crippen molar-refractivity contribution < 1.29 is 9.53 Å². The number of hydrogen-bond donors (Lipinski definition) is 0. The van der Waals surface area contributed by atoms with Crippen LogP contribution in [0.25, 0.3) is 0 Å². The van der Waals surface area contributed by atoms with Crippen LogP contribution in [-0.2, 0) is 9.53 Å². The molecule has 0 amide bonds. The van der Waals surface area contributed by atoms with E-state index < -0.39 is 0 Å². The topological polar surface area (TPSA) is 53.3 Å². The summed E-state index contributed by atoms with van der Waals surface area (Å²) in [6.07, 6.45) is 0.470. The van der Waals surface area contributed by atoms with Crippen molar-refractivity contribution in [1.82, 2.24) is 4.90 Å². The third kappa shape index (κ3) is 1.72. The number of allylic oxidation sites excluding steroid dienone is 1. The molecule has 4 nitrogen and oxygen atoms in total. The molecule has 0 bridgehead atoms. The highest BCUT2D eigenvalue weighted by Gasteiger charge is 2.30. The maximum atomic E-state index is 11.4. The highest BCUT2D eigenvalue weighted by molar-refractivity contribution is 5.90. The van der Waals surface area contributed by atoms with Gasteiger partial charge in [-0.05, 0) is 13.8 Å². The lowest BCUT2D eigenvalue weighted by molar-refractivity contribution is -0.138. The number of nitriles is 1. The molecule has 0 aromatic heterocycles. The molecule has 1 aliphatic heterocycles. The maximum Gasteiger partial charge on any atom is 0.335 e. The third-order valence-electron chi connectivity index (χ3n) is 2.50. The molecule has 1 atom stereocenters. The van der Waals surface area contributed by atoms with Crippen LogP contribution in [0.15, 0.2) is 11.3 Å². The van der Waals surface area contributed by atoms with E-state index in [2.05, 4.69) is 6.07 Å². The third-order valence-corrected chi connectivity index (χ3v) is 2.50. The van der Waals surface area contributed by atoms with Crippen LogP contribution >= 0.6 is 0 Å². The van der Waals surface area contributed by atoms with Gasteiger partial charge in [-0.1, -0.05) is 0 Å². The fraction of sp³-hybridized carbons (Fsp3) is 0.600. The van der Waals surface area contributed by atoms with Crippen molar-refractivity contribution in [3.63, 3.8) is 0 Å². The Kier molecular flexibility index (Phi) is 3.13. The van der Waals surface area contributed by atoms with Crippen LogP contribution < -0.4 is 0 Å². The van der Waals surface area contributed by atoms with E-state index in [-0.39, 0.29) is 12.0 Å². The minimum atomic E-state index is -0.297.